The van der Waals surface area contributed by atoms with Crippen molar-refractivity contribution in [2.75, 3.05) is 33.4 Å². The van der Waals surface area contributed by atoms with E-state index in [4.69, 9.17) is 14.7 Å². The number of nitrogens with one attached hydrogen (secondary N) is 1. The summed E-state index contributed by atoms with van der Waals surface area (Å²) in [5.74, 6) is 0. The number of methoxy groups -OCH3 is 1. The van der Waals surface area contributed by atoms with E-state index in [-0.39, 0.29) is 5.60 Å². The highest BCUT2D eigenvalue weighted by Gasteiger charge is 2.34. The minimum Gasteiger partial charge on any atom is -0.378 e. The van der Waals surface area contributed by atoms with Crippen LogP contribution in [0, 0.1) is 11.3 Å². The summed E-state index contributed by atoms with van der Waals surface area (Å²) in [5.41, 5.74) is -0.157. The topological polar surface area (TPSA) is 54.3 Å². The highest BCUT2D eigenvalue weighted by atomic mass is 16.5. The molecule has 0 spiro atoms. The van der Waals surface area contributed by atoms with Crippen molar-refractivity contribution in [3.8, 4) is 6.07 Å². The largest absolute Gasteiger partial charge is 0.378 e. The van der Waals surface area contributed by atoms with Gasteiger partial charge in [0.25, 0.3) is 0 Å². The third kappa shape index (κ3) is 2.96. The molecule has 13 heavy (non-hydrogen) atoms. The van der Waals surface area contributed by atoms with E-state index in [9.17, 15) is 0 Å². The molecule has 0 radical (unpaired) electrons. The van der Waals surface area contributed by atoms with Crippen LogP contribution in [0.5, 0.6) is 0 Å². The van der Waals surface area contributed by atoms with Gasteiger partial charge in [0.2, 0.25) is 0 Å². The predicted molar refractivity (Wildman–Crippen MR) is 48.3 cm³/mol. The van der Waals surface area contributed by atoms with Gasteiger partial charge >= 0.3 is 0 Å². The SMILES string of the molecule is COC1(CNCCC#N)CCOC1. The van der Waals surface area contributed by atoms with E-state index in [2.05, 4.69) is 11.4 Å². The van der Waals surface area contributed by atoms with E-state index >= 15 is 0 Å². The molecular weight excluding hydrogens is 168 g/mol. The molecule has 1 fully saturated rings. The molecule has 74 valence electrons. The van der Waals surface area contributed by atoms with Gasteiger partial charge in [-0.05, 0) is 0 Å². The van der Waals surface area contributed by atoms with Gasteiger partial charge in [-0.3, -0.25) is 0 Å². The first-order chi connectivity index (χ1) is 6.33. The molecule has 4 nitrogen and oxygen atoms in total. The Bertz CT molecular complexity index is 183. The van der Waals surface area contributed by atoms with E-state index < -0.39 is 0 Å². The quantitative estimate of drug-likeness (QED) is 0.624. The summed E-state index contributed by atoms with van der Waals surface area (Å²) in [6.45, 7) is 2.92. The van der Waals surface area contributed by atoms with Gasteiger partial charge in [0.15, 0.2) is 0 Å². The lowest BCUT2D eigenvalue weighted by atomic mass is 10.0. The van der Waals surface area contributed by atoms with Gasteiger partial charge in [0.05, 0.1) is 12.7 Å². The monoisotopic (exact) mass is 184 g/mol. The number of hydrogen-bond acceptors (Lipinski definition) is 4. The maximum atomic E-state index is 8.33. The zero-order chi connectivity index (χ0) is 9.57. The second-order valence-electron chi connectivity index (χ2n) is 3.27. The first kappa shape index (κ1) is 10.5. The summed E-state index contributed by atoms with van der Waals surface area (Å²) in [7, 11) is 1.71. The van der Waals surface area contributed by atoms with Gasteiger partial charge < -0.3 is 14.8 Å². The normalized spacial score (nSPS) is 27.4. The van der Waals surface area contributed by atoms with Crippen LogP contribution in [0.1, 0.15) is 12.8 Å². The highest BCUT2D eigenvalue weighted by molar-refractivity contribution is 4.87. The maximum Gasteiger partial charge on any atom is 0.106 e. The summed E-state index contributed by atoms with van der Waals surface area (Å²) in [6.07, 6.45) is 1.48. The lowest BCUT2D eigenvalue weighted by Gasteiger charge is -2.25. The van der Waals surface area contributed by atoms with E-state index in [0.717, 1.165) is 26.1 Å². The zero-order valence-corrected chi connectivity index (χ0v) is 8.01. The Morgan fingerprint density at radius 1 is 1.69 bits per heavy atom. The highest BCUT2D eigenvalue weighted by Crippen LogP contribution is 2.21. The van der Waals surface area contributed by atoms with Crippen molar-refractivity contribution in [2.24, 2.45) is 0 Å². The minimum absolute atomic E-state index is 0.157. The van der Waals surface area contributed by atoms with Crippen molar-refractivity contribution in [1.82, 2.24) is 5.32 Å². The van der Waals surface area contributed by atoms with Gasteiger partial charge in [-0.25, -0.2) is 0 Å². The molecule has 1 unspecified atom stereocenters. The molecule has 0 aliphatic carbocycles. The Kier molecular flexibility index (Phi) is 4.16. The Balaban J connectivity index is 2.20. The van der Waals surface area contributed by atoms with Crippen LogP contribution in [0.25, 0.3) is 0 Å². The van der Waals surface area contributed by atoms with E-state index in [1.54, 1.807) is 7.11 Å². The lowest BCUT2D eigenvalue weighted by molar-refractivity contribution is -0.0154. The van der Waals surface area contributed by atoms with Crippen molar-refractivity contribution >= 4 is 0 Å². The van der Waals surface area contributed by atoms with Crippen LogP contribution >= 0.6 is 0 Å². The van der Waals surface area contributed by atoms with Crippen molar-refractivity contribution in [2.45, 2.75) is 18.4 Å². The van der Waals surface area contributed by atoms with Crippen LogP contribution in [0.15, 0.2) is 0 Å². The van der Waals surface area contributed by atoms with E-state index in [1.165, 1.54) is 0 Å². The van der Waals surface area contributed by atoms with Crippen LogP contribution in [0.4, 0.5) is 0 Å². The molecule has 0 aromatic heterocycles. The Morgan fingerprint density at radius 3 is 3.08 bits per heavy atom. The van der Waals surface area contributed by atoms with Crippen LogP contribution in [0.2, 0.25) is 0 Å². The van der Waals surface area contributed by atoms with Crippen molar-refractivity contribution < 1.29 is 9.47 Å². The van der Waals surface area contributed by atoms with Crippen LogP contribution in [0.3, 0.4) is 0 Å². The smallest absolute Gasteiger partial charge is 0.106 e. The molecule has 1 aliphatic rings. The van der Waals surface area contributed by atoms with Gasteiger partial charge in [-0.1, -0.05) is 0 Å². The van der Waals surface area contributed by atoms with Crippen LogP contribution in [-0.4, -0.2) is 39.0 Å². The number of nitriles is 1. The molecule has 0 aromatic carbocycles. The second-order valence-corrected chi connectivity index (χ2v) is 3.27. The summed E-state index contributed by atoms with van der Waals surface area (Å²) in [5, 5.41) is 11.5. The van der Waals surface area contributed by atoms with Crippen molar-refractivity contribution in [1.29, 1.82) is 5.26 Å². The molecule has 1 saturated heterocycles. The molecule has 0 amide bonds. The Morgan fingerprint density at radius 2 is 2.54 bits per heavy atom. The third-order valence-corrected chi connectivity index (χ3v) is 2.36. The van der Waals surface area contributed by atoms with Crippen molar-refractivity contribution in [3.63, 3.8) is 0 Å². The average molecular weight is 184 g/mol. The van der Waals surface area contributed by atoms with E-state index in [1.807, 2.05) is 0 Å². The first-order valence-corrected chi connectivity index (χ1v) is 4.53. The molecule has 1 rings (SSSR count). The summed E-state index contributed by atoms with van der Waals surface area (Å²) in [4.78, 5) is 0. The maximum absolute atomic E-state index is 8.33. The Labute approximate surface area is 78.8 Å². The molecule has 0 aromatic rings. The van der Waals surface area contributed by atoms with Crippen molar-refractivity contribution in [3.05, 3.63) is 0 Å². The van der Waals surface area contributed by atoms with Gasteiger partial charge in [-0.15, -0.1) is 0 Å². The molecule has 1 N–H and O–H groups in total. The predicted octanol–water partition coefficient (Wildman–Crippen LogP) is 0.295. The number of nitrogens with zero attached hydrogens (tertiary/aromatic N) is 1. The molecule has 1 atom stereocenters. The fourth-order valence-electron chi connectivity index (χ4n) is 1.42. The summed E-state index contributed by atoms with van der Waals surface area (Å²) < 4.78 is 10.7. The third-order valence-electron chi connectivity index (χ3n) is 2.36. The molecule has 0 bridgehead atoms. The van der Waals surface area contributed by atoms with E-state index in [0.29, 0.717) is 13.0 Å². The number of ether oxygens (including phenoxy) is 2. The standard InChI is InChI=1S/C9H16N2O2/c1-12-9(3-6-13-8-9)7-11-5-2-4-10/h11H,2-3,5-8H2,1H3. The fourth-order valence-corrected chi connectivity index (χ4v) is 1.42. The zero-order valence-electron chi connectivity index (χ0n) is 8.01. The fraction of sp³-hybridized carbons (Fsp3) is 0.889. The number of hydrogen-bond donors (Lipinski definition) is 1. The summed E-state index contributed by atoms with van der Waals surface area (Å²) in [6, 6.07) is 2.09. The average Bonchev–Trinajstić information content (AvgIpc) is 2.62. The molecule has 1 aliphatic heterocycles. The van der Waals surface area contributed by atoms with Crippen LogP contribution in [-0.2, 0) is 9.47 Å². The van der Waals surface area contributed by atoms with Gasteiger partial charge in [0.1, 0.15) is 5.60 Å². The number of rotatable bonds is 5. The minimum atomic E-state index is -0.157. The Hall–Kier alpha value is -0.630. The summed E-state index contributed by atoms with van der Waals surface area (Å²) >= 11 is 0. The molecule has 1 heterocycles. The lowest BCUT2D eigenvalue weighted by Crippen LogP contribution is -2.43. The molecule has 0 saturated carbocycles. The van der Waals surface area contributed by atoms with Gasteiger partial charge in [0, 0.05) is 39.6 Å². The second kappa shape index (κ2) is 5.18. The van der Waals surface area contributed by atoms with Gasteiger partial charge in [-0.2, -0.15) is 5.26 Å². The molecular formula is C9H16N2O2. The first-order valence-electron chi connectivity index (χ1n) is 4.53. The van der Waals surface area contributed by atoms with Crippen LogP contribution < -0.4 is 5.32 Å². The molecule has 4 heteroatoms.